The van der Waals surface area contributed by atoms with Crippen LogP contribution in [-0.4, -0.2) is 21.2 Å². The van der Waals surface area contributed by atoms with Crippen molar-refractivity contribution in [2.24, 2.45) is 0 Å². The van der Waals surface area contributed by atoms with Crippen molar-refractivity contribution < 1.29 is 23.1 Å². The number of alkyl halides is 3. The maximum Gasteiger partial charge on any atom is 0.417 e. The van der Waals surface area contributed by atoms with Crippen molar-refractivity contribution >= 4 is 11.9 Å². The van der Waals surface area contributed by atoms with Gasteiger partial charge in [0.2, 0.25) is 5.56 Å². The van der Waals surface area contributed by atoms with Crippen molar-refractivity contribution in [1.82, 2.24) is 9.97 Å². The summed E-state index contributed by atoms with van der Waals surface area (Å²) in [5.74, 6) is 0.0255. The molecule has 3 rings (SSSR count). The summed E-state index contributed by atoms with van der Waals surface area (Å²) in [5.41, 5.74) is -0.895. The standard InChI is InChI=1S/C18H12F3N3O3/c19-18(20,21)13-4-2-1-3-12(13)14-7-11(9-16(25)23-14)10-5-6-22-15(8-10)24-17(26)27/h1-9H,(H,22,24)(H,23,25)(H,26,27). The van der Waals surface area contributed by atoms with E-state index in [1.807, 2.05) is 0 Å². The molecule has 2 aromatic heterocycles. The number of H-pyrrole nitrogens is 1. The lowest BCUT2D eigenvalue weighted by atomic mass is 10.0. The van der Waals surface area contributed by atoms with Gasteiger partial charge in [0.25, 0.3) is 0 Å². The van der Waals surface area contributed by atoms with Crippen LogP contribution in [0.5, 0.6) is 0 Å². The third-order valence-corrected chi connectivity index (χ3v) is 3.70. The quantitative estimate of drug-likeness (QED) is 0.639. The molecule has 0 radical (unpaired) electrons. The number of carboxylic acid groups (broad SMARTS) is 1. The molecule has 27 heavy (non-hydrogen) atoms. The van der Waals surface area contributed by atoms with E-state index in [2.05, 4.69) is 15.3 Å². The molecule has 2 heterocycles. The van der Waals surface area contributed by atoms with Crippen LogP contribution >= 0.6 is 0 Å². The summed E-state index contributed by atoms with van der Waals surface area (Å²) in [4.78, 5) is 29.0. The number of amides is 1. The number of pyridine rings is 2. The van der Waals surface area contributed by atoms with E-state index in [4.69, 9.17) is 5.11 Å². The summed E-state index contributed by atoms with van der Waals surface area (Å²) < 4.78 is 39.8. The zero-order chi connectivity index (χ0) is 19.6. The van der Waals surface area contributed by atoms with Crippen LogP contribution in [0, 0.1) is 0 Å². The molecule has 0 aliphatic rings. The minimum atomic E-state index is -4.58. The normalized spacial score (nSPS) is 11.2. The van der Waals surface area contributed by atoms with Gasteiger partial charge in [-0.05, 0) is 35.4 Å². The van der Waals surface area contributed by atoms with E-state index in [-0.39, 0.29) is 17.1 Å². The summed E-state index contributed by atoms with van der Waals surface area (Å²) >= 11 is 0. The van der Waals surface area contributed by atoms with Gasteiger partial charge in [-0.1, -0.05) is 18.2 Å². The maximum absolute atomic E-state index is 13.3. The van der Waals surface area contributed by atoms with Gasteiger partial charge in [0.1, 0.15) is 5.82 Å². The van der Waals surface area contributed by atoms with Crippen LogP contribution in [0.25, 0.3) is 22.4 Å². The molecular formula is C18H12F3N3O3. The molecule has 9 heteroatoms. The highest BCUT2D eigenvalue weighted by atomic mass is 19.4. The minimum Gasteiger partial charge on any atom is -0.465 e. The molecule has 3 aromatic rings. The molecule has 0 atom stereocenters. The zero-order valence-electron chi connectivity index (χ0n) is 13.5. The van der Waals surface area contributed by atoms with E-state index in [1.165, 1.54) is 48.7 Å². The lowest BCUT2D eigenvalue weighted by molar-refractivity contribution is -0.137. The lowest BCUT2D eigenvalue weighted by Crippen LogP contribution is -2.11. The highest BCUT2D eigenvalue weighted by Gasteiger charge is 2.33. The van der Waals surface area contributed by atoms with Crippen LogP contribution in [0.15, 0.2) is 59.5 Å². The Labute approximate surface area is 150 Å². The Morgan fingerprint density at radius 2 is 1.81 bits per heavy atom. The Bertz CT molecular complexity index is 1060. The molecule has 6 nitrogen and oxygen atoms in total. The highest BCUT2D eigenvalue weighted by molar-refractivity contribution is 5.83. The summed E-state index contributed by atoms with van der Waals surface area (Å²) in [5, 5.41) is 10.8. The van der Waals surface area contributed by atoms with Crippen molar-refractivity contribution in [2.75, 3.05) is 5.32 Å². The number of halogens is 3. The van der Waals surface area contributed by atoms with Crippen molar-refractivity contribution in [3.63, 3.8) is 0 Å². The molecule has 0 aliphatic heterocycles. The van der Waals surface area contributed by atoms with Gasteiger partial charge in [0, 0.05) is 23.5 Å². The van der Waals surface area contributed by atoms with Crippen LogP contribution in [0.1, 0.15) is 5.56 Å². The average Bonchev–Trinajstić information content (AvgIpc) is 2.60. The van der Waals surface area contributed by atoms with E-state index >= 15 is 0 Å². The van der Waals surface area contributed by atoms with Crippen molar-refractivity contribution in [3.8, 4) is 22.4 Å². The van der Waals surface area contributed by atoms with E-state index in [0.29, 0.717) is 11.1 Å². The SMILES string of the molecule is O=C(O)Nc1cc(-c2cc(-c3ccccc3C(F)(F)F)[nH]c(=O)c2)ccn1. The third-order valence-electron chi connectivity index (χ3n) is 3.70. The largest absolute Gasteiger partial charge is 0.465 e. The Morgan fingerprint density at radius 1 is 1.07 bits per heavy atom. The smallest absolute Gasteiger partial charge is 0.417 e. The van der Waals surface area contributed by atoms with Crippen molar-refractivity contribution in [3.05, 3.63) is 70.6 Å². The second kappa shape index (κ2) is 6.94. The Morgan fingerprint density at radius 3 is 2.52 bits per heavy atom. The number of aromatic nitrogens is 2. The van der Waals surface area contributed by atoms with Gasteiger partial charge in [0.05, 0.1) is 5.56 Å². The van der Waals surface area contributed by atoms with Gasteiger partial charge in [-0.3, -0.25) is 10.1 Å². The molecule has 0 aliphatic carbocycles. The molecular weight excluding hydrogens is 363 g/mol. The molecule has 0 bridgehead atoms. The molecule has 138 valence electrons. The summed E-state index contributed by atoms with van der Waals surface area (Å²) in [6.07, 6.45) is -4.57. The number of hydrogen-bond donors (Lipinski definition) is 3. The van der Waals surface area contributed by atoms with Gasteiger partial charge >= 0.3 is 12.3 Å². The number of nitrogens with zero attached hydrogens (tertiary/aromatic N) is 1. The second-order valence-corrected chi connectivity index (χ2v) is 5.55. The number of nitrogens with one attached hydrogen (secondary N) is 2. The van der Waals surface area contributed by atoms with Gasteiger partial charge in [0.15, 0.2) is 0 Å². The third kappa shape index (κ3) is 4.14. The minimum absolute atomic E-state index is 0.00465. The summed E-state index contributed by atoms with van der Waals surface area (Å²) in [6.45, 7) is 0. The Balaban J connectivity index is 2.12. The lowest BCUT2D eigenvalue weighted by Gasteiger charge is -2.13. The van der Waals surface area contributed by atoms with E-state index in [9.17, 15) is 22.8 Å². The van der Waals surface area contributed by atoms with Gasteiger partial charge < -0.3 is 10.1 Å². The number of hydrogen-bond acceptors (Lipinski definition) is 3. The maximum atomic E-state index is 13.3. The summed E-state index contributed by atoms with van der Waals surface area (Å²) in [7, 11) is 0. The molecule has 0 fully saturated rings. The second-order valence-electron chi connectivity index (χ2n) is 5.55. The number of rotatable bonds is 3. The first kappa shape index (κ1) is 18.2. The highest BCUT2D eigenvalue weighted by Crippen LogP contribution is 2.36. The molecule has 0 unspecified atom stereocenters. The first-order valence-corrected chi connectivity index (χ1v) is 7.61. The van der Waals surface area contributed by atoms with Crippen LogP contribution < -0.4 is 10.9 Å². The Kier molecular flexibility index (Phi) is 4.68. The van der Waals surface area contributed by atoms with Gasteiger partial charge in [-0.2, -0.15) is 13.2 Å². The molecule has 1 amide bonds. The number of anilines is 1. The summed E-state index contributed by atoms with van der Waals surface area (Å²) in [6, 6.07) is 10.4. The fourth-order valence-electron chi connectivity index (χ4n) is 2.61. The van der Waals surface area contributed by atoms with Gasteiger partial charge in [-0.25, -0.2) is 9.78 Å². The van der Waals surface area contributed by atoms with Crippen LogP contribution in [0.2, 0.25) is 0 Å². The first-order chi connectivity index (χ1) is 12.7. The van der Waals surface area contributed by atoms with E-state index in [0.717, 1.165) is 6.07 Å². The average molecular weight is 375 g/mol. The number of carbonyl (C=O) groups is 1. The predicted octanol–water partition coefficient (Wildman–Crippen LogP) is 4.21. The van der Waals surface area contributed by atoms with Crippen LogP contribution in [0.3, 0.4) is 0 Å². The molecule has 3 N–H and O–H groups in total. The number of benzene rings is 1. The predicted molar refractivity (Wildman–Crippen MR) is 92.4 cm³/mol. The van der Waals surface area contributed by atoms with Gasteiger partial charge in [-0.15, -0.1) is 0 Å². The van der Waals surface area contributed by atoms with Crippen molar-refractivity contribution in [1.29, 1.82) is 0 Å². The fraction of sp³-hybridized carbons (Fsp3) is 0.0556. The molecule has 1 aromatic carbocycles. The zero-order valence-corrected chi connectivity index (χ0v) is 13.5. The number of aromatic amines is 1. The van der Waals surface area contributed by atoms with E-state index < -0.39 is 23.4 Å². The monoisotopic (exact) mass is 375 g/mol. The van der Waals surface area contributed by atoms with Crippen LogP contribution in [0.4, 0.5) is 23.8 Å². The molecule has 0 saturated heterocycles. The Hall–Kier alpha value is -3.62. The van der Waals surface area contributed by atoms with Crippen LogP contribution in [-0.2, 0) is 6.18 Å². The molecule has 0 spiro atoms. The fourth-order valence-corrected chi connectivity index (χ4v) is 2.61. The first-order valence-electron chi connectivity index (χ1n) is 7.61. The topological polar surface area (TPSA) is 95.1 Å². The molecule has 0 saturated carbocycles. The van der Waals surface area contributed by atoms with Crippen molar-refractivity contribution in [2.45, 2.75) is 6.18 Å². The van der Waals surface area contributed by atoms with E-state index in [1.54, 1.807) is 0 Å².